The molecule has 1 aliphatic heterocycles. The highest BCUT2D eigenvalue weighted by molar-refractivity contribution is 5.85. The third kappa shape index (κ3) is 4.26. The Kier molecular flexibility index (Phi) is 6.49. The van der Waals surface area contributed by atoms with Gasteiger partial charge in [-0.3, -0.25) is 14.6 Å². The lowest BCUT2D eigenvalue weighted by Gasteiger charge is -2.36. The molecular weight excluding hydrogens is 391 g/mol. The molecule has 3 aromatic rings. The summed E-state index contributed by atoms with van der Waals surface area (Å²) < 4.78 is 16.2. The molecule has 0 saturated carbocycles. The fraction of sp³-hybridized carbons (Fsp3) is 0.381. The molecule has 1 aromatic carbocycles. The number of hydrogen-bond acceptors (Lipinski definition) is 5. The summed E-state index contributed by atoms with van der Waals surface area (Å²) in [5.74, 6) is 0.478. The van der Waals surface area contributed by atoms with E-state index in [9.17, 15) is 4.39 Å². The summed E-state index contributed by atoms with van der Waals surface area (Å²) in [7, 11) is 1.99. The van der Waals surface area contributed by atoms with E-state index in [1.54, 1.807) is 24.5 Å². The predicted molar refractivity (Wildman–Crippen MR) is 115 cm³/mol. The maximum absolute atomic E-state index is 14.3. The highest BCUT2D eigenvalue weighted by Crippen LogP contribution is 2.29. The van der Waals surface area contributed by atoms with Crippen LogP contribution in [0.5, 0.6) is 0 Å². The zero-order valence-corrected chi connectivity index (χ0v) is 17.8. The minimum absolute atomic E-state index is 0. The third-order valence-electron chi connectivity index (χ3n) is 5.52. The molecule has 1 saturated heterocycles. The van der Waals surface area contributed by atoms with Gasteiger partial charge in [-0.1, -0.05) is 12.1 Å². The van der Waals surface area contributed by atoms with Gasteiger partial charge in [-0.2, -0.15) is 5.10 Å². The first-order valence-corrected chi connectivity index (χ1v) is 9.57. The average molecular weight is 417 g/mol. The number of hydrogen-bond donors (Lipinski definition) is 0. The van der Waals surface area contributed by atoms with E-state index in [1.807, 2.05) is 17.8 Å². The number of rotatable bonds is 4. The highest BCUT2D eigenvalue weighted by Gasteiger charge is 2.23. The summed E-state index contributed by atoms with van der Waals surface area (Å²) >= 11 is 0. The molecule has 0 amide bonds. The van der Waals surface area contributed by atoms with Gasteiger partial charge in [-0.25, -0.2) is 9.37 Å². The molecule has 2 aromatic heterocycles. The van der Waals surface area contributed by atoms with Gasteiger partial charge in [0.1, 0.15) is 11.5 Å². The maximum atomic E-state index is 14.3. The summed E-state index contributed by atoms with van der Waals surface area (Å²) in [6.07, 6.45) is 3.30. The smallest absolute Gasteiger partial charge is 0.155 e. The van der Waals surface area contributed by atoms with Crippen LogP contribution in [0.1, 0.15) is 17.0 Å². The van der Waals surface area contributed by atoms with Gasteiger partial charge < -0.3 is 4.90 Å². The summed E-state index contributed by atoms with van der Waals surface area (Å²) in [4.78, 5) is 13.6. The van der Waals surface area contributed by atoms with Crippen molar-refractivity contribution in [3.05, 3.63) is 59.4 Å². The van der Waals surface area contributed by atoms with Gasteiger partial charge in [0, 0.05) is 69.0 Å². The topological polar surface area (TPSA) is 50.1 Å². The molecule has 0 atom stereocenters. The molecule has 1 fully saturated rings. The van der Waals surface area contributed by atoms with Crippen molar-refractivity contribution >= 4 is 18.2 Å². The van der Waals surface area contributed by atoms with Gasteiger partial charge in [0.25, 0.3) is 0 Å². The number of aromatic nitrogens is 4. The molecule has 6 nitrogen and oxygen atoms in total. The van der Waals surface area contributed by atoms with Crippen LogP contribution in [-0.4, -0.2) is 50.8 Å². The lowest BCUT2D eigenvalue weighted by molar-refractivity contribution is 0.248. The van der Waals surface area contributed by atoms with Crippen molar-refractivity contribution in [1.82, 2.24) is 24.6 Å². The summed E-state index contributed by atoms with van der Waals surface area (Å²) in [5, 5.41) is 4.52. The SMILES string of the molecule is Cc1nn(C)c(C)c1CN1CCN(c2nccnc2-c2ccccc2F)CC1.Cl. The van der Waals surface area contributed by atoms with E-state index in [2.05, 4.69) is 38.7 Å². The molecule has 4 rings (SSSR count). The molecule has 0 unspecified atom stereocenters. The van der Waals surface area contributed by atoms with Crippen molar-refractivity contribution in [2.75, 3.05) is 31.1 Å². The lowest BCUT2D eigenvalue weighted by Crippen LogP contribution is -2.46. The average Bonchev–Trinajstić information content (AvgIpc) is 2.95. The van der Waals surface area contributed by atoms with Crippen LogP contribution in [-0.2, 0) is 13.6 Å². The number of halogens is 2. The lowest BCUT2D eigenvalue weighted by atomic mass is 10.1. The monoisotopic (exact) mass is 416 g/mol. The maximum Gasteiger partial charge on any atom is 0.155 e. The Bertz CT molecular complexity index is 981. The Morgan fingerprint density at radius 2 is 1.69 bits per heavy atom. The number of piperazine rings is 1. The molecule has 0 aliphatic carbocycles. The molecular formula is C21H26ClFN6. The Labute approximate surface area is 176 Å². The fourth-order valence-electron chi connectivity index (χ4n) is 3.79. The molecule has 0 N–H and O–H groups in total. The Hall–Kier alpha value is -2.51. The fourth-order valence-corrected chi connectivity index (χ4v) is 3.79. The first-order chi connectivity index (χ1) is 13.5. The molecule has 1 aliphatic rings. The molecule has 0 radical (unpaired) electrons. The molecule has 154 valence electrons. The van der Waals surface area contributed by atoms with Gasteiger partial charge in [0.2, 0.25) is 0 Å². The van der Waals surface area contributed by atoms with Crippen molar-refractivity contribution in [1.29, 1.82) is 0 Å². The van der Waals surface area contributed by atoms with Crippen LogP contribution in [0.25, 0.3) is 11.3 Å². The summed E-state index contributed by atoms with van der Waals surface area (Å²) in [6.45, 7) is 8.59. The van der Waals surface area contributed by atoms with E-state index < -0.39 is 0 Å². The minimum Gasteiger partial charge on any atom is -0.352 e. The van der Waals surface area contributed by atoms with Crippen molar-refractivity contribution < 1.29 is 4.39 Å². The van der Waals surface area contributed by atoms with Gasteiger partial charge in [0.05, 0.1) is 5.69 Å². The number of aryl methyl sites for hydroxylation is 2. The van der Waals surface area contributed by atoms with E-state index in [0.717, 1.165) is 44.2 Å². The summed E-state index contributed by atoms with van der Waals surface area (Å²) in [5.41, 5.74) is 4.72. The molecule has 0 spiro atoms. The van der Waals surface area contributed by atoms with E-state index >= 15 is 0 Å². The summed E-state index contributed by atoms with van der Waals surface area (Å²) in [6, 6.07) is 6.74. The van der Waals surface area contributed by atoms with Crippen LogP contribution in [0, 0.1) is 19.7 Å². The number of nitrogens with zero attached hydrogens (tertiary/aromatic N) is 6. The van der Waals surface area contributed by atoms with E-state index in [4.69, 9.17) is 0 Å². The molecule has 0 bridgehead atoms. The largest absolute Gasteiger partial charge is 0.352 e. The van der Waals surface area contributed by atoms with Crippen LogP contribution in [0.15, 0.2) is 36.7 Å². The second-order valence-electron chi connectivity index (χ2n) is 7.24. The van der Waals surface area contributed by atoms with Crippen LogP contribution >= 0.6 is 12.4 Å². The first kappa shape index (κ1) is 21.2. The Morgan fingerprint density at radius 1 is 1.00 bits per heavy atom. The number of anilines is 1. The molecule has 3 heterocycles. The van der Waals surface area contributed by atoms with Gasteiger partial charge >= 0.3 is 0 Å². The highest BCUT2D eigenvalue weighted by atomic mass is 35.5. The Morgan fingerprint density at radius 3 is 2.34 bits per heavy atom. The normalized spacial score (nSPS) is 14.7. The minimum atomic E-state index is -0.273. The quantitative estimate of drug-likeness (QED) is 0.652. The third-order valence-corrected chi connectivity index (χ3v) is 5.52. The van der Waals surface area contributed by atoms with Crippen molar-refractivity contribution in [3.63, 3.8) is 0 Å². The molecule has 8 heteroatoms. The van der Waals surface area contributed by atoms with Gasteiger partial charge in [-0.05, 0) is 26.0 Å². The van der Waals surface area contributed by atoms with Gasteiger partial charge in [0.15, 0.2) is 5.82 Å². The Balaban J connectivity index is 0.00000240. The zero-order valence-electron chi connectivity index (χ0n) is 17.0. The second kappa shape index (κ2) is 8.88. The first-order valence-electron chi connectivity index (χ1n) is 9.57. The second-order valence-corrected chi connectivity index (χ2v) is 7.24. The van der Waals surface area contributed by atoms with Gasteiger partial charge in [-0.15, -0.1) is 12.4 Å². The number of benzene rings is 1. The van der Waals surface area contributed by atoms with Crippen LogP contribution in [0.4, 0.5) is 10.2 Å². The van der Waals surface area contributed by atoms with E-state index in [1.165, 1.54) is 17.3 Å². The standard InChI is InChI=1S/C21H25FN6.ClH/c1-15-18(16(2)26(3)25-15)14-27-10-12-28(13-11-27)21-20(23-8-9-24-21)17-6-4-5-7-19(17)22;/h4-9H,10-14H2,1-3H3;1H. The van der Waals surface area contributed by atoms with Crippen molar-refractivity contribution in [2.24, 2.45) is 7.05 Å². The van der Waals surface area contributed by atoms with E-state index in [0.29, 0.717) is 11.3 Å². The van der Waals surface area contributed by atoms with Crippen molar-refractivity contribution in [3.8, 4) is 11.3 Å². The van der Waals surface area contributed by atoms with Crippen LogP contribution in [0.3, 0.4) is 0 Å². The van der Waals surface area contributed by atoms with E-state index in [-0.39, 0.29) is 18.2 Å². The van der Waals surface area contributed by atoms with Crippen LogP contribution < -0.4 is 4.90 Å². The predicted octanol–water partition coefficient (Wildman–Crippen LogP) is 3.38. The zero-order chi connectivity index (χ0) is 19.7. The molecule has 29 heavy (non-hydrogen) atoms. The van der Waals surface area contributed by atoms with Crippen LogP contribution in [0.2, 0.25) is 0 Å². The van der Waals surface area contributed by atoms with Crippen molar-refractivity contribution in [2.45, 2.75) is 20.4 Å².